The van der Waals surface area contributed by atoms with Gasteiger partial charge in [-0.15, -0.1) is 0 Å². The minimum absolute atomic E-state index is 0.0215. The number of carbonyl (C=O) groups is 2. The van der Waals surface area contributed by atoms with E-state index in [9.17, 15) is 9.59 Å². The highest BCUT2D eigenvalue weighted by molar-refractivity contribution is 6.23. The smallest absolute Gasteiger partial charge is 0.336 e. The lowest BCUT2D eigenvalue weighted by Crippen LogP contribution is -2.29. The van der Waals surface area contributed by atoms with Crippen LogP contribution in [0.3, 0.4) is 0 Å². The Hall–Kier alpha value is -3.14. The van der Waals surface area contributed by atoms with E-state index in [2.05, 4.69) is 12.2 Å². The monoisotopic (exact) mass is 443 g/mol. The topological polar surface area (TPSA) is 55.4 Å². The highest BCUT2D eigenvalue weighted by Crippen LogP contribution is 2.46. The summed E-state index contributed by atoms with van der Waals surface area (Å²) in [6.07, 6.45) is 8.17. The lowest BCUT2D eigenvalue weighted by Gasteiger charge is -2.29. The van der Waals surface area contributed by atoms with Crippen molar-refractivity contribution in [3.05, 3.63) is 88.1 Å². The van der Waals surface area contributed by atoms with Crippen molar-refractivity contribution in [2.24, 2.45) is 0 Å². The largest absolute Gasteiger partial charge is 0.462 e. The number of ketones is 1. The van der Waals surface area contributed by atoms with Crippen molar-refractivity contribution >= 4 is 17.4 Å². The Bertz CT molecular complexity index is 1080. The van der Waals surface area contributed by atoms with Crippen LogP contribution < -0.4 is 5.32 Å². The fourth-order valence-corrected chi connectivity index (χ4v) is 4.88. The Labute approximate surface area is 196 Å². The third-order valence-electron chi connectivity index (χ3n) is 6.58. The van der Waals surface area contributed by atoms with Crippen LogP contribution in [0, 0.1) is 0 Å². The highest BCUT2D eigenvalue weighted by Gasteiger charge is 2.42. The van der Waals surface area contributed by atoms with Crippen molar-refractivity contribution in [2.45, 2.75) is 64.7 Å². The number of fused-ring (bicyclic) bond motifs is 2. The van der Waals surface area contributed by atoms with E-state index in [-0.39, 0.29) is 11.8 Å². The number of hydrogen-bond acceptors (Lipinski definition) is 4. The third kappa shape index (κ3) is 4.80. The first-order chi connectivity index (χ1) is 16.1. The van der Waals surface area contributed by atoms with Crippen LogP contribution in [0.25, 0.3) is 5.70 Å². The fourth-order valence-electron chi connectivity index (χ4n) is 4.88. The van der Waals surface area contributed by atoms with Crippen LogP contribution in [0.4, 0.5) is 0 Å². The predicted octanol–water partition coefficient (Wildman–Crippen LogP) is 6.55. The Morgan fingerprint density at radius 1 is 0.879 bits per heavy atom. The van der Waals surface area contributed by atoms with Gasteiger partial charge in [-0.1, -0.05) is 100 Å². The van der Waals surface area contributed by atoms with Crippen molar-refractivity contribution < 1.29 is 14.3 Å². The summed E-state index contributed by atoms with van der Waals surface area (Å²) in [5, 5.41) is 3.36. The van der Waals surface area contributed by atoms with Crippen LogP contribution in [0.2, 0.25) is 0 Å². The van der Waals surface area contributed by atoms with Gasteiger partial charge in [0.15, 0.2) is 5.78 Å². The molecular formula is C29H33NO3. The maximum atomic E-state index is 13.4. The summed E-state index contributed by atoms with van der Waals surface area (Å²) in [5.74, 6) is -0.800. The minimum Gasteiger partial charge on any atom is -0.462 e. The number of rotatable bonds is 10. The fraction of sp³-hybridized carbons (Fsp3) is 0.379. The first-order valence-electron chi connectivity index (χ1n) is 12.2. The van der Waals surface area contributed by atoms with E-state index in [4.69, 9.17) is 4.74 Å². The van der Waals surface area contributed by atoms with Crippen molar-refractivity contribution in [2.75, 3.05) is 6.61 Å². The molecule has 0 aromatic heterocycles. The third-order valence-corrected chi connectivity index (χ3v) is 6.58. The zero-order valence-corrected chi connectivity index (χ0v) is 19.7. The van der Waals surface area contributed by atoms with Gasteiger partial charge in [0.2, 0.25) is 0 Å². The zero-order valence-electron chi connectivity index (χ0n) is 19.7. The number of esters is 1. The molecule has 4 heteroatoms. The van der Waals surface area contributed by atoms with Crippen LogP contribution in [0.1, 0.15) is 86.2 Å². The number of Topliss-reactive ketones (excluding diaryl/α,β-unsaturated/α-hetero) is 1. The quantitative estimate of drug-likeness (QED) is 0.334. The number of hydrogen-bond donors (Lipinski definition) is 1. The summed E-state index contributed by atoms with van der Waals surface area (Å²) < 4.78 is 5.72. The number of ether oxygens (including phenoxy) is 1. The molecule has 1 aliphatic heterocycles. The van der Waals surface area contributed by atoms with E-state index in [1.165, 1.54) is 32.1 Å². The van der Waals surface area contributed by atoms with Crippen molar-refractivity contribution in [3.63, 3.8) is 0 Å². The standard InChI is InChI=1S/C29H33NO3/c1-3-4-5-6-7-8-14-19-33-29(32)24-20(2)30-27-22-17-12-13-18-23(22)28(31)26(27)25(24)21-15-10-9-11-16-21/h9-13,15-18,25,30H,3-8,14,19H2,1-2H3/t25-/m0/s1. The van der Waals surface area contributed by atoms with E-state index in [1.54, 1.807) is 0 Å². The second kappa shape index (κ2) is 10.7. The molecule has 0 fully saturated rings. The molecule has 1 aliphatic carbocycles. The van der Waals surface area contributed by atoms with Crippen molar-refractivity contribution in [3.8, 4) is 0 Å². The van der Waals surface area contributed by atoms with Crippen LogP contribution in [0.15, 0.2) is 71.4 Å². The summed E-state index contributed by atoms with van der Waals surface area (Å²) in [6, 6.07) is 17.4. The van der Waals surface area contributed by atoms with Gasteiger partial charge >= 0.3 is 5.97 Å². The molecule has 4 rings (SSSR count). The second-order valence-corrected chi connectivity index (χ2v) is 8.93. The molecule has 0 spiro atoms. The SMILES string of the molecule is CCCCCCCCCOC(=O)C1=C(C)NC2=C(C(=O)c3ccccc32)[C@H]1c1ccccc1. The van der Waals surface area contributed by atoms with Crippen LogP contribution in [-0.4, -0.2) is 18.4 Å². The molecule has 0 amide bonds. The van der Waals surface area contributed by atoms with Gasteiger partial charge in [-0.2, -0.15) is 0 Å². The summed E-state index contributed by atoms with van der Waals surface area (Å²) in [4.78, 5) is 26.7. The number of unbranched alkanes of at least 4 members (excludes halogenated alkanes) is 6. The molecule has 1 atom stereocenters. The summed E-state index contributed by atoms with van der Waals surface area (Å²) in [6.45, 7) is 4.52. The summed E-state index contributed by atoms with van der Waals surface area (Å²) in [5.41, 5.74) is 5.23. The number of allylic oxidation sites excluding steroid dienone is 2. The van der Waals surface area contributed by atoms with E-state index in [0.29, 0.717) is 23.3 Å². The van der Waals surface area contributed by atoms with E-state index < -0.39 is 5.92 Å². The number of nitrogens with one attached hydrogen (secondary N) is 1. The summed E-state index contributed by atoms with van der Waals surface area (Å²) >= 11 is 0. The zero-order chi connectivity index (χ0) is 23.2. The van der Waals surface area contributed by atoms with Crippen molar-refractivity contribution in [1.29, 1.82) is 0 Å². The molecule has 1 N–H and O–H groups in total. The molecule has 4 nitrogen and oxygen atoms in total. The van der Waals surface area contributed by atoms with Gasteiger partial charge in [0.05, 0.1) is 17.9 Å². The molecule has 0 bridgehead atoms. The van der Waals surface area contributed by atoms with E-state index >= 15 is 0 Å². The van der Waals surface area contributed by atoms with Gasteiger partial charge in [0.25, 0.3) is 0 Å². The molecular weight excluding hydrogens is 410 g/mol. The summed E-state index contributed by atoms with van der Waals surface area (Å²) in [7, 11) is 0. The van der Waals surface area contributed by atoms with Gasteiger partial charge < -0.3 is 10.1 Å². The highest BCUT2D eigenvalue weighted by atomic mass is 16.5. The maximum Gasteiger partial charge on any atom is 0.336 e. The molecule has 0 unspecified atom stereocenters. The minimum atomic E-state index is -0.441. The van der Waals surface area contributed by atoms with Gasteiger partial charge in [-0.3, -0.25) is 4.79 Å². The van der Waals surface area contributed by atoms with Gasteiger partial charge in [0.1, 0.15) is 0 Å². The predicted molar refractivity (Wildman–Crippen MR) is 132 cm³/mol. The molecule has 0 saturated carbocycles. The Morgan fingerprint density at radius 2 is 1.52 bits per heavy atom. The van der Waals surface area contributed by atoms with Gasteiger partial charge in [0, 0.05) is 28.3 Å². The molecule has 1 heterocycles. The average molecular weight is 444 g/mol. The molecule has 0 radical (unpaired) electrons. The van der Waals surface area contributed by atoms with E-state index in [1.807, 2.05) is 61.5 Å². The van der Waals surface area contributed by atoms with Crippen molar-refractivity contribution in [1.82, 2.24) is 5.32 Å². The normalized spacial score (nSPS) is 17.0. The molecule has 2 aromatic carbocycles. The molecule has 33 heavy (non-hydrogen) atoms. The molecule has 2 aromatic rings. The Morgan fingerprint density at radius 3 is 2.24 bits per heavy atom. The first-order valence-corrected chi connectivity index (χ1v) is 12.2. The second-order valence-electron chi connectivity index (χ2n) is 8.93. The molecule has 2 aliphatic rings. The number of dihydropyridines is 1. The van der Waals surface area contributed by atoms with Gasteiger partial charge in [-0.05, 0) is 18.9 Å². The first kappa shape index (κ1) is 23.0. The van der Waals surface area contributed by atoms with Crippen LogP contribution >= 0.6 is 0 Å². The van der Waals surface area contributed by atoms with E-state index in [0.717, 1.165) is 35.4 Å². The Balaban J connectivity index is 1.53. The molecule has 172 valence electrons. The van der Waals surface area contributed by atoms with Crippen LogP contribution in [0.5, 0.6) is 0 Å². The van der Waals surface area contributed by atoms with Gasteiger partial charge in [-0.25, -0.2) is 4.79 Å². The average Bonchev–Trinajstić information content (AvgIpc) is 3.12. The maximum absolute atomic E-state index is 13.4. The Kier molecular flexibility index (Phi) is 7.43. The number of benzene rings is 2. The molecule has 0 saturated heterocycles. The number of carbonyl (C=O) groups excluding carboxylic acids is 2. The lowest BCUT2D eigenvalue weighted by atomic mass is 9.80. The van der Waals surface area contributed by atoms with Crippen LogP contribution in [-0.2, 0) is 9.53 Å². The lowest BCUT2D eigenvalue weighted by molar-refractivity contribution is -0.139.